The maximum atomic E-state index is 5.65. The first-order valence-electron chi connectivity index (χ1n) is 5.92. The van der Waals surface area contributed by atoms with E-state index >= 15 is 0 Å². The Hall–Kier alpha value is -1.46. The number of rotatable bonds is 4. The van der Waals surface area contributed by atoms with Gasteiger partial charge in [-0.3, -0.25) is 0 Å². The summed E-state index contributed by atoms with van der Waals surface area (Å²) in [6, 6.07) is 6.38. The lowest BCUT2D eigenvalue weighted by Crippen LogP contribution is -2.24. The fourth-order valence-corrected chi connectivity index (χ4v) is 2.60. The van der Waals surface area contributed by atoms with E-state index in [1.165, 1.54) is 4.88 Å². The molecular formula is C13H18N4S. The van der Waals surface area contributed by atoms with Crippen LogP contribution in [0.5, 0.6) is 0 Å². The van der Waals surface area contributed by atoms with Crippen LogP contribution in [0.4, 0.5) is 5.95 Å². The molecule has 2 aromatic heterocycles. The maximum Gasteiger partial charge on any atom is 0.226 e. The monoisotopic (exact) mass is 262 g/mol. The van der Waals surface area contributed by atoms with Crippen molar-refractivity contribution in [1.82, 2.24) is 9.97 Å². The molecule has 2 N–H and O–H groups in total. The molecular weight excluding hydrogens is 244 g/mol. The average Bonchev–Trinajstić information content (AvgIpc) is 2.90. The smallest absolute Gasteiger partial charge is 0.226 e. The van der Waals surface area contributed by atoms with Crippen molar-refractivity contribution in [2.45, 2.75) is 26.4 Å². The van der Waals surface area contributed by atoms with E-state index in [1.54, 1.807) is 11.3 Å². The van der Waals surface area contributed by atoms with Crippen molar-refractivity contribution in [2.75, 3.05) is 11.9 Å². The van der Waals surface area contributed by atoms with Gasteiger partial charge in [0.1, 0.15) is 0 Å². The van der Waals surface area contributed by atoms with Crippen molar-refractivity contribution >= 4 is 17.3 Å². The second kappa shape index (κ2) is 5.46. The molecule has 0 aliphatic rings. The number of hydrogen-bond acceptors (Lipinski definition) is 5. The van der Waals surface area contributed by atoms with Crippen LogP contribution in [0.2, 0.25) is 0 Å². The molecule has 2 heterocycles. The van der Waals surface area contributed by atoms with E-state index in [1.807, 2.05) is 20.0 Å². The Balaban J connectivity index is 2.28. The molecule has 0 aliphatic carbocycles. The van der Waals surface area contributed by atoms with Crippen LogP contribution in [0.1, 0.15) is 29.2 Å². The number of thiophene rings is 1. The third-order valence-corrected chi connectivity index (χ3v) is 4.00. The highest BCUT2D eigenvalue weighted by atomic mass is 32.1. The Bertz CT molecular complexity index is 510. The third kappa shape index (κ3) is 2.68. The summed E-state index contributed by atoms with van der Waals surface area (Å²) in [5.74, 6) is 0.733. The van der Waals surface area contributed by atoms with E-state index in [0.717, 1.165) is 17.3 Å². The van der Waals surface area contributed by atoms with Gasteiger partial charge < -0.3 is 10.6 Å². The number of hydrogen-bond donors (Lipinski definition) is 1. The first-order valence-corrected chi connectivity index (χ1v) is 6.80. The van der Waals surface area contributed by atoms with Gasteiger partial charge in [0.05, 0.1) is 11.7 Å². The van der Waals surface area contributed by atoms with Crippen LogP contribution in [0.25, 0.3) is 0 Å². The topological polar surface area (TPSA) is 55.0 Å². The lowest BCUT2D eigenvalue weighted by Gasteiger charge is -2.24. The molecule has 0 saturated heterocycles. The summed E-state index contributed by atoms with van der Waals surface area (Å²) >= 11 is 1.75. The van der Waals surface area contributed by atoms with E-state index in [-0.39, 0.29) is 6.04 Å². The van der Waals surface area contributed by atoms with Gasteiger partial charge in [0.15, 0.2) is 0 Å². The number of aromatic nitrogens is 2. The molecule has 5 heteroatoms. The molecule has 0 saturated carbocycles. The van der Waals surface area contributed by atoms with Crippen molar-refractivity contribution in [2.24, 2.45) is 5.73 Å². The van der Waals surface area contributed by atoms with Crippen LogP contribution in [0.15, 0.2) is 23.6 Å². The zero-order valence-electron chi connectivity index (χ0n) is 10.9. The highest BCUT2D eigenvalue weighted by molar-refractivity contribution is 7.10. The van der Waals surface area contributed by atoms with Crippen molar-refractivity contribution < 1.29 is 0 Å². The van der Waals surface area contributed by atoms with Gasteiger partial charge in [-0.15, -0.1) is 11.3 Å². The minimum Gasteiger partial charge on any atom is -0.336 e. The standard InChI is InChI=1S/C13H18N4S/c1-9-7-11(8-14)16-13(15-9)17(3)10(2)12-5-4-6-18-12/h4-7,10H,8,14H2,1-3H3. The minimum atomic E-state index is 0.262. The zero-order valence-corrected chi connectivity index (χ0v) is 11.7. The van der Waals surface area contributed by atoms with Gasteiger partial charge in [0, 0.05) is 24.2 Å². The third-order valence-electron chi connectivity index (χ3n) is 2.96. The summed E-state index contributed by atoms with van der Waals surface area (Å²) in [4.78, 5) is 12.3. The molecule has 0 bridgehead atoms. The SMILES string of the molecule is Cc1cc(CN)nc(N(C)C(C)c2cccs2)n1. The second-order valence-corrected chi connectivity index (χ2v) is 5.29. The van der Waals surface area contributed by atoms with E-state index in [0.29, 0.717) is 6.54 Å². The fourth-order valence-electron chi connectivity index (χ4n) is 1.77. The highest BCUT2D eigenvalue weighted by Crippen LogP contribution is 2.26. The maximum absolute atomic E-state index is 5.65. The average molecular weight is 262 g/mol. The van der Waals surface area contributed by atoms with Gasteiger partial charge in [0.2, 0.25) is 5.95 Å². The summed E-state index contributed by atoms with van der Waals surface area (Å²) in [6.45, 7) is 4.56. The van der Waals surface area contributed by atoms with Crippen molar-refractivity contribution in [1.29, 1.82) is 0 Å². The van der Waals surface area contributed by atoms with E-state index < -0.39 is 0 Å². The molecule has 0 aliphatic heterocycles. The molecule has 4 nitrogen and oxygen atoms in total. The van der Waals surface area contributed by atoms with Crippen LogP contribution in [-0.2, 0) is 6.54 Å². The van der Waals surface area contributed by atoms with E-state index in [2.05, 4.69) is 39.3 Å². The Morgan fingerprint density at radius 2 is 2.22 bits per heavy atom. The van der Waals surface area contributed by atoms with Crippen LogP contribution in [-0.4, -0.2) is 17.0 Å². The molecule has 0 radical (unpaired) electrons. The minimum absolute atomic E-state index is 0.262. The molecule has 96 valence electrons. The van der Waals surface area contributed by atoms with E-state index in [9.17, 15) is 0 Å². The van der Waals surface area contributed by atoms with Gasteiger partial charge in [-0.05, 0) is 31.4 Å². The number of aryl methyl sites for hydroxylation is 1. The number of nitrogens with two attached hydrogens (primary N) is 1. The highest BCUT2D eigenvalue weighted by Gasteiger charge is 2.16. The number of nitrogens with zero attached hydrogens (tertiary/aromatic N) is 3. The fraction of sp³-hybridized carbons (Fsp3) is 0.385. The summed E-state index contributed by atoms with van der Waals surface area (Å²) in [5.41, 5.74) is 7.48. The van der Waals surface area contributed by atoms with Gasteiger partial charge in [-0.1, -0.05) is 6.07 Å². The first-order chi connectivity index (χ1) is 8.61. The predicted molar refractivity (Wildman–Crippen MR) is 75.8 cm³/mol. The lowest BCUT2D eigenvalue weighted by molar-refractivity contribution is 0.720. The van der Waals surface area contributed by atoms with Crippen LogP contribution >= 0.6 is 11.3 Å². The Morgan fingerprint density at radius 1 is 1.44 bits per heavy atom. The summed E-state index contributed by atoms with van der Waals surface area (Å²) < 4.78 is 0. The van der Waals surface area contributed by atoms with Crippen LogP contribution in [0.3, 0.4) is 0 Å². The molecule has 0 aromatic carbocycles. The molecule has 1 unspecified atom stereocenters. The van der Waals surface area contributed by atoms with Gasteiger partial charge in [-0.25, -0.2) is 9.97 Å². The molecule has 2 rings (SSSR count). The zero-order chi connectivity index (χ0) is 13.1. The van der Waals surface area contributed by atoms with Gasteiger partial charge in [-0.2, -0.15) is 0 Å². The van der Waals surface area contributed by atoms with Crippen LogP contribution < -0.4 is 10.6 Å². The van der Waals surface area contributed by atoms with E-state index in [4.69, 9.17) is 5.73 Å². The quantitative estimate of drug-likeness (QED) is 0.920. The molecule has 0 amide bonds. The molecule has 1 atom stereocenters. The lowest BCUT2D eigenvalue weighted by atomic mass is 10.2. The summed E-state index contributed by atoms with van der Waals surface area (Å²) in [7, 11) is 2.01. The molecule has 0 fully saturated rings. The predicted octanol–water partition coefficient (Wildman–Crippen LogP) is 2.50. The normalized spacial score (nSPS) is 12.4. The Morgan fingerprint density at radius 3 is 2.83 bits per heavy atom. The first kappa shape index (κ1) is 13.0. The second-order valence-electron chi connectivity index (χ2n) is 4.31. The van der Waals surface area contributed by atoms with Crippen molar-refractivity contribution in [3.8, 4) is 0 Å². The summed E-state index contributed by atoms with van der Waals surface area (Å²) in [5, 5.41) is 2.09. The Kier molecular flexibility index (Phi) is 3.93. The molecule has 2 aromatic rings. The number of anilines is 1. The largest absolute Gasteiger partial charge is 0.336 e. The van der Waals surface area contributed by atoms with Crippen LogP contribution in [0, 0.1) is 6.92 Å². The van der Waals surface area contributed by atoms with Gasteiger partial charge in [0.25, 0.3) is 0 Å². The van der Waals surface area contributed by atoms with Crippen molar-refractivity contribution in [3.63, 3.8) is 0 Å². The van der Waals surface area contributed by atoms with Gasteiger partial charge >= 0.3 is 0 Å². The Labute approximate surface area is 111 Å². The summed E-state index contributed by atoms with van der Waals surface area (Å²) in [6.07, 6.45) is 0. The van der Waals surface area contributed by atoms with Crippen molar-refractivity contribution in [3.05, 3.63) is 39.8 Å². The molecule has 0 spiro atoms. The molecule has 18 heavy (non-hydrogen) atoms.